The third kappa shape index (κ3) is 13.7. The molecule has 0 aliphatic carbocycles. The third-order valence-corrected chi connectivity index (χ3v) is 7.13. The van der Waals surface area contributed by atoms with E-state index in [2.05, 4.69) is 23.5 Å². The Hall–Kier alpha value is -4.60. The van der Waals surface area contributed by atoms with Crippen LogP contribution in [0.2, 0.25) is 10.0 Å². The lowest BCUT2D eigenvalue weighted by Gasteiger charge is -2.10. The Labute approximate surface area is 285 Å². The minimum absolute atomic E-state index is 0.283. The van der Waals surface area contributed by atoms with Gasteiger partial charge in [-0.2, -0.15) is 0 Å². The highest BCUT2D eigenvalue weighted by Gasteiger charge is 2.12. The van der Waals surface area contributed by atoms with Crippen LogP contribution in [0.25, 0.3) is 0 Å². The molecule has 0 fully saturated rings. The second-order valence-corrected chi connectivity index (χ2v) is 11.0. The summed E-state index contributed by atoms with van der Waals surface area (Å²) in [7, 11) is 0. The molecule has 0 aliphatic heterocycles. The molecular formula is C36H38Cl2N2O7. The van der Waals surface area contributed by atoms with E-state index in [1.165, 1.54) is 0 Å². The lowest BCUT2D eigenvalue weighted by molar-refractivity contribution is -0.138. The second-order valence-electron chi connectivity index (χ2n) is 10.2. The van der Waals surface area contributed by atoms with Gasteiger partial charge in [0.1, 0.15) is 17.2 Å². The smallest absolute Gasteiger partial charge is 0.330 e. The van der Waals surface area contributed by atoms with Crippen LogP contribution in [-0.4, -0.2) is 50.5 Å². The quantitative estimate of drug-likeness (QED) is 0.0551. The van der Waals surface area contributed by atoms with E-state index >= 15 is 0 Å². The Kier molecular flexibility index (Phi) is 16.1. The first kappa shape index (κ1) is 36.9. The van der Waals surface area contributed by atoms with E-state index in [0.717, 1.165) is 62.0 Å². The number of unbranched alkanes of at least 4 members (excludes halogenated alkanes) is 4. The number of amides is 1. The summed E-state index contributed by atoms with van der Waals surface area (Å²) in [4.78, 5) is 39.3. The van der Waals surface area contributed by atoms with E-state index in [1.54, 1.807) is 42.6 Å². The molecule has 0 aliphatic rings. The predicted molar refractivity (Wildman–Crippen MR) is 186 cm³/mol. The number of rotatable bonds is 20. The lowest BCUT2D eigenvalue weighted by atomic mass is 10.2. The van der Waals surface area contributed by atoms with Crippen molar-refractivity contribution < 1.29 is 33.3 Å². The topological polar surface area (TPSA) is 113 Å². The van der Waals surface area contributed by atoms with Gasteiger partial charge < -0.3 is 24.3 Å². The van der Waals surface area contributed by atoms with Gasteiger partial charge in [0, 0.05) is 29.6 Å². The van der Waals surface area contributed by atoms with E-state index in [4.69, 9.17) is 42.1 Å². The Balaban J connectivity index is 1.42. The maximum Gasteiger partial charge on any atom is 0.330 e. The van der Waals surface area contributed by atoms with E-state index < -0.39 is 11.9 Å². The van der Waals surface area contributed by atoms with E-state index in [1.807, 2.05) is 24.3 Å². The first-order valence-corrected chi connectivity index (χ1v) is 15.9. The summed E-state index contributed by atoms with van der Waals surface area (Å²) in [6, 6.07) is 17.4. The van der Waals surface area contributed by atoms with Crippen LogP contribution in [0.1, 0.15) is 54.4 Å². The number of hydrogen-bond acceptors (Lipinski definition) is 8. The molecule has 11 heteroatoms. The molecule has 0 bridgehead atoms. The summed E-state index contributed by atoms with van der Waals surface area (Å²) in [5.74, 6) is 0.221. The molecule has 3 rings (SSSR count). The number of ether oxygens (including phenoxy) is 4. The molecule has 0 heterocycles. The normalized spacial score (nSPS) is 10.7. The van der Waals surface area contributed by atoms with Crippen molar-refractivity contribution in [3.8, 4) is 11.5 Å². The molecule has 0 saturated carbocycles. The van der Waals surface area contributed by atoms with Gasteiger partial charge in [-0.1, -0.05) is 36.4 Å². The van der Waals surface area contributed by atoms with Gasteiger partial charge in [0.25, 0.3) is 5.91 Å². The van der Waals surface area contributed by atoms with Gasteiger partial charge >= 0.3 is 11.9 Å². The summed E-state index contributed by atoms with van der Waals surface area (Å²) in [5.41, 5.74) is 2.08. The predicted octanol–water partition coefficient (Wildman–Crippen LogP) is 8.55. The van der Waals surface area contributed by atoms with E-state index in [-0.39, 0.29) is 16.0 Å². The Morgan fingerprint density at radius 2 is 1.15 bits per heavy atom. The molecule has 1 N–H and O–H groups in total. The van der Waals surface area contributed by atoms with Gasteiger partial charge in [-0.05, 0) is 105 Å². The molecule has 9 nitrogen and oxygen atoms in total. The van der Waals surface area contributed by atoms with Crippen LogP contribution in [0.15, 0.2) is 91.0 Å². The Bertz CT molecular complexity index is 1500. The molecule has 0 atom stereocenters. The largest absolute Gasteiger partial charge is 0.494 e. The highest BCUT2D eigenvalue weighted by molar-refractivity contribution is 6.39. The van der Waals surface area contributed by atoms with Crippen molar-refractivity contribution in [3.63, 3.8) is 0 Å². The van der Waals surface area contributed by atoms with Crippen molar-refractivity contribution in [3.05, 3.63) is 107 Å². The fraction of sp³-hybridized carbons (Fsp3) is 0.278. The highest BCUT2D eigenvalue weighted by Crippen LogP contribution is 2.36. The van der Waals surface area contributed by atoms with Crippen molar-refractivity contribution in [2.24, 2.45) is 4.99 Å². The van der Waals surface area contributed by atoms with Crippen molar-refractivity contribution in [2.75, 3.05) is 31.7 Å². The van der Waals surface area contributed by atoms with E-state index in [9.17, 15) is 14.4 Å². The minimum Gasteiger partial charge on any atom is -0.494 e. The molecule has 248 valence electrons. The number of nitrogens with one attached hydrogen (secondary N) is 1. The summed E-state index contributed by atoms with van der Waals surface area (Å²) in [6.45, 7) is 8.51. The zero-order chi connectivity index (χ0) is 33.9. The molecule has 3 aromatic carbocycles. The number of aliphatic imine (C=N–C) groups is 1. The summed E-state index contributed by atoms with van der Waals surface area (Å²) < 4.78 is 21.4. The van der Waals surface area contributed by atoms with Crippen LogP contribution < -0.4 is 14.8 Å². The number of nitrogens with zero attached hydrogens (tertiary/aromatic N) is 1. The van der Waals surface area contributed by atoms with E-state index in [0.29, 0.717) is 49.1 Å². The van der Waals surface area contributed by atoms with Crippen LogP contribution in [-0.2, 0) is 19.1 Å². The number of anilines is 1. The van der Waals surface area contributed by atoms with Gasteiger partial charge in [-0.3, -0.25) is 9.79 Å². The first-order chi connectivity index (χ1) is 22.8. The first-order valence-electron chi connectivity index (χ1n) is 15.2. The van der Waals surface area contributed by atoms with Crippen molar-refractivity contribution in [2.45, 2.75) is 38.5 Å². The van der Waals surface area contributed by atoms with Gasteiger partial charge in [-0.25, -0.2) is 9.59 Å². The van der Waals surface area contributed by atoms with Crippen molar-refractivity contribution >= 4 is 58.6 Å². The maximum absolute atomic E-state index is 12.8. The van der Waals surface area contributed by atoms with Crippen LogP contribution in [0, 0.1) is 0 Å². The number of carbonyl (C=O) groups is 3. The van der Waals surface area contributed by atoms with Crippen LogP contribution in [0.5, 0.6) is 11.5 Å². The third-order valence-electron chi connectivity index (χ3n) is 6.55. The van der Waals surface area contributed by atoms with Crippen LogP contribution >= 0.6 is 23.2 Å². The molecule has 3 aromatic rings. The molecule has 1 amide bonds. The van der Waals surface area contributed by atoms with Crippen molar-refractivity contribution in [1.82, 2.24) is 0 Å². The molecule has 0 saturated heterocycles. The number of carbonyl (C=O) groups excluding carboxylic acids is 3. The molecule has 47 heavy (non-hydrogen) atoms. The monoisotopic (exact) mass is 680 g/mol. The van der Waals surface area contributed by atoms with Gasteiger partial charge in [-0.15, -0.1) is 0 Å². The molecule has 0 aromatic heterocycles. The number of hydrogen-bond donors (Lipinski definition) is 1. The SMILES string of the molecule is C=CC(=O)OCCCCCOc1ccc(C=Nc2c(Cl)cc(NC(=O)c3ccc(OCCCCCOC(=O)C=C)cc3)cc2Cl)cc1. The number of esters is 2. The zero-order valence-corrected chi connectivity index (χ0v) is 27.6. The summed E-state index contributed by atoms with van der Waals surface area (Å²) >= 11 is 12.9. The number of halogens is 2. The fourth-order valence-electron chi connectivity index (χ4n) is 4.06. The maximum atomic E-state index is 12.8. The molecular weight excluding hydrogens is 643 g/mol. The average molecular weight is 682 g/mol. The molecule has 0 spiro atoms. The highest BCUT2D eigenvalue weighted by atomic mass is 35.5. The average Bonchev–Trinajstić information content (AvgIpc) is 3.07. The molecule has 0 unspecified atom stereocenters. The summed E-state index contributed by atoms with van der Waals surface area (Å²) in [5, 5.41) is 3.37. The van der Waals surface area contributed by atoms with Crippen LogP contribution in [0.3, 0.4) is 0 Å². The summed E-state index contributed by atoms with van der Waals surface area (Å²) in [6.07, 6.45) is 8.83. The standard InChI is InChI=1S/C36H38Cl2N2O7/c1-3-33(41)46-21-9-5-7-19-44-29-15-11-26(12-16-29)25-39-35-31(37)23-28(24-32(35)38)40-36(43)27-13-17-30(18-14-27)45-20-8-6-10-22-47-34(42)4-2/h3-4,11-18,23-25H,1-2,5-10,19-22H2,(H,40,43). The fourth-order valence-corrected chi connectivity index (χ4v) is 4.65. The van der Waals surface area contributed by atoms with Gasteiger partial charge in [0.2, 0.25) is 0 Å². The second kappa shape index (κ2) is 20.5. The Morgan fingerprint density at radius 1 is 0.681 bits per heavy atom. The number of benzene rings is 3. The Morgan fingerprint density at radius 3 is 1.64 bits per heavy atom. The molecule has 0 radical (unpaired) electrons. The van der Waals surface area contributed by atoms with Gasteiger partial charge in [0.15, 0.2) is 0 Å². The minimum atomic E-state index is -0.420. The van der Waals surface area contributed by atoms with Crippen molar-refractivity contribution in [1.29, 1.82) is 0 Å². The zero-order valence-electron chi connectivity index (χ0n) is 26.1. The lowest BCUT2D eigenvalue weighted by Crippen LogP contribution is -2.11. The van der Waals surface area contributed by atoms with Gasteiger partial charge in [0.05, 0.1) is 36.5 Å². The van der Waals surface area contributed by atoms with Crippen LogP contribution in [0.4, 0.5) is 11.4 Å².